The Balaban J connectivity index is 1.75. The molecule has 0 aliphatic carbocycles. The number of hydrogen-bond donors (Lipinski definition) is 1. The topological polar surface area (TPSA) is 88.2 Å². The van der Waals surface area contributed by atoms with Crippen LogP contribution in [0, 0.1) is 5.41 Å². The number of carbonyl (C=O) groups excluding carboxylic acids is 3. The number of nitrogens with one attached hydrogen (secondary N) is 1. The molecule has 27 heavy (non-hydrogen) atoms. The van der Waals surface area contributed by atoms with Crippen molar-refractivity contribution in [2.45, 2.75) is 18.9 Å². The maximum atomic E-state index is 13.5. The van der Waals surface area contributed by atoms with E-state index >= 15 is 0 Å². The number of para-hydroxylation sites is 1. The zero-order chi connectivity index (χ0) is 19.0. The van der Waals surface area contributed by atoms with E-state index in [4.69, 9.17) is 9.47 Å². The summed E-state index contributed by atoms with van der Waals surface area (Å²) in [6.45, 7) is 2.05. The van der Waals surface area contributed by atoms with Crippen LogP contribution in [0.1, 0.15) is 12.0 Å². The average molecular weight is 373 g/mol. The second kappa shape index (κ2) is 6.94. The van der Waals surface area contributed by atoms with E-state index in [1.165, 1.54) is 0 Å². The molecule has 1 aromatic carbocycles. The summed E-state index contributed by atoms with van der Waals surface area (Å²) in [5.41, 5.74) is 0.598. The Bertz CT molecular complexity index is 782. The first-order valence-corrected chi connectivity index (χ1v) is 9.18. The summed E-state index contributed by atoms with van der Waals surface area (Å²) in [4.78, 5) is 42.1. The molecule has 0 saturated carbocycles. The molecule has 0 unspecified atom stereocenters. The highest BCUT2D eigenvalue weighted by atomic mass is 16.5. The van der Waals surface area contributed by atoms with Gasteiger partial charge in [-0.3, -0.25) is 19.8 Å². The Morgan fingerprint density at radius 3 is 2.93 bits per heavy atom. The molecule has 3 heterocycles. The first-order valence-electron chi connectivity index (χ1n) is 9.18. The molecule has 3 aliphatic heterocycles. The van der Waals surface area contributed by atoms with E-state index < -0.39 is 29.3 Å². The molecule has 4 rings (SSSR count). The van der Waals surface area contributed by atoms with Crippen LogP contribution in [0.5, 0.6) is 0 Å². The molecular formula is C19H23N3O5. The fourth-order valence-corrected chi connectivity index (χ4v) is 4.39. The summed E-state index contributed by atoms with van der Waals surface area (Å²) < 4.78 is 10.7. The number of morpholine rings is 1. The van der Waals surface area contributed by atoms with Crippen molar-refractivity contribution in [2.24, 2.45) is 5.41 Å². The van der Waals surface area contributed by atoms with Crippen molar-refractivity contribution in [1.82, 2.24) is 10.2 Å². The summed E-state index contributed by atoms with van der Waals surface area (Å²) in [6.07, 6.45) is 0.772. The zero-order valence-corrected chi connectivity index (χ0v) is 15.3. The van der Waals surface area contributed by atoms with E-state index in [0.717, 1.165) is 16.2 Å². The molecule has 8 heteroatoms. The minimum Gasteiger partial charge on any atom is -0.385 e. The number of nitrogens with zero attached hydrogens (tertiary/aromatic N) is 2. The number of methoxy groups -OCH3 is 1. The molecule has 144 valence electrons. The second-order valence-corrected chi connectivity index (χ2v) is 7.12. The SMILES string of the molecule is COCCCN1C(=O)NC(=O)[C@]2(Cc3ccccc3N3CCOC[C@@H]32)C1=O. The summed E-state index contributed by atoms with van der Waals surface area (Å²) in [7, 11) is 1.57. The molecule has 1 aromatic rings. The van der Waals surface area contributed by atoms with Crippen LogP contribution in [0.15, 0.2) is 24.3 Å². The lowest BCUT2D eigenvalue weighted by Gasteiger charge is -2.53. The number of ether oxygens (including phenoxy) is 2. The van der Waals surface area contributed by atoms with Gasteiger partial charge in [0.05, 0.1) is 19.3 Å². The van der Waals surface area contributed by atoms with Crippen LogP contribution in [0.25, 0.3) is 0 Å². The Hall–Kier alpha value is -2.45. The van der Waals surface area contributed by atoms with Gasteiger partial charge in [0.15, 0.2) is 5.41 Å². The number of carbonyl (C=O) groups is 3. The summed E-state index contributed by atoms with van der Waals surface area (Å²) in [6, 6.07) is 6.70. The number of rotatable bonds is 4. The predicted molar refractivity (Wildman–Crippen MR) is 96.3 cm³/mol. The normalized spacial score (nSPS) is 27.4. The number of benzene rings is 1. The number of anilines is 1. The number of amides is 4. The number of hydrogen-bond acceptors (Lipinski definition) is 6. The van der Waals surface area contributed by atoms with Gasteiger partial charge in [0.2, 0.25) is 11.8 Å². The third-order valence-corrected chi connectivity index (χ3v) is 5.70. The molecule has 2 saturated heterocycles. The Kier molecular flexibility index (Phi) is 4.61. The van der Waals surface area contributed by atoms with Gasteiger partial charge in [-0.25, -0.2) is 4.79 Å². The molecule has 4 amide bonds. The second-order valence-electron chi connectivity index (χ2n) is 7.12. The summed E-state index contributed by atoms with van der Waals surface area (Å²) in [5, 5.41) is 2.42. The van der Waals surface area contributed by atoms with Crippen molar-refractivity contribution in [2.75, 3.05) is 44.9 Å². The van der Waals surface area contributed by atoms with Gasteiger partial charge >= 0.3 is 6.03 Å². The van der Waals surface area contributed by atoms with Crippen molar-refractivity contribution in [3.63, 3.8) is 0 Å². The van der Waals surface area contributed by atoms with E-state index in [-0.39, 0.29) is 19.6 Å². The maximum absolute atomic E-state index is 13.5. The smallest absolute Gasteiger partial charge is 0.330 e. The summed E-state index contributed by atoms with van der Waals surface area (Å²) in [5.74, 6) is -0.974. The number of fused-ring (bicyclic) bond motifs is 4. The van der Waals surface area contributed by atoms with Crippen LogP contribution >= 0.6 is 0 Å². The molecule has 3 aliphatic rings. The fourth-order valence-electron chi connectivity index (χ4n) is 4.39. The molecular weight excluding hydrogens is 350 g/mol. The number of barbiturate groups is 1. The highest BCUT2D eigenvalue weighted by molar-refractivity contribution is 6.20. The molecule has 0 aromatic heterocycles. The van der Waals surface area contributed by atoms with Crippen LogP contribution in [-0.4, -0.2) is 68.8 Å². The van der Waals surface area contributed by atoms with Gasteiger partial charge in [-0.1, -0.05) is 18.2 Å². The van der Waals surface area contributed by atoms with Crippen molar-refractivity contribution in [1.29, 1.82) is 0 Å². The van der Waals surface area contributed by atoms with E-state index in [1.54, 1.807) is 7.11 Å². The molecule has 8 nitrogen and oxygen atoms in total. The van der Waals surface area contributed by atoms with Gasteiger partial charge in [-0.15, -0.1) is 0 Å². The molecule has 0 bridgehead atoms. The third-order valence-electron chi connectivity index (χ3n) is 5.70. The number of imide groups is 2. The van der Waals surface area contributed by atoms with Crippen LogP contribution in [0.3, 0.4) is 0 Å². The van der Waals surface area contributed by atoms with Crippen LogP contribution in [-0.2, 0) is 25.5 Å². The van der Waals surface area contributed by atoms with Gasteiger partial charge in [0.1, 0.15) is 0 Å². The van der Waals surface area contributed by atoms with E-state index in [2.05, 4.69) is 10.2 Å². The Labute approximate surface area is 157 Å². The molecule has 0 radical (unpaired) electrons. The van der Waals surface area contributed by atoms with Crippen molar-refractivity contribution in [3.05, 3.63) is 29.8 Å². The predicted octanol–water partition coefficient (Wildman–Crippen LogP) is 0.549. The lowest BCUT2D eigenvalue weighted by molar-refractivity contribution is -0.156. The van der Waals surface area contributed by atoms with Gasteiger partial charge in [-0.2, -0.15) is 0 Å². The minimum absolute atomic E-state index is 0.211. The standard InChI is InChI=1S/C19H23N3O5/c1-26-9-4-7-22-17(24)19(16(23)20-18(22)25)11-13-5-2-3-6-14(13)21-8-10-27-12-15(19)21/h2-3,5-6,15H,4,7-12H2,1H3,(H,20,23,25)/t15-,19-/m1/s1. The molecule has 2 fully saturated rings. The summed E-state index contributed by atoms with van der Waals surface area (Å²) >= 11 is 0. The highest BCUT2D eigenvalue weighted by Crippen LogP contribution is 2.45. The first-order chi connectivity index (χ1) is 13.1. The first kappa shape index (κ1) is 17.9. The third kappa shape index (κ3) is 2.71. The quantitative estimate of drug-likeness (QED) is 0.613. The van der Waals surface area contributed by atoms with Crippen LogP contribution in [0.4, 0.5) is 10.5 Å². The van der Waals surface area contributed by atoms with Gasteiger partial charge < -0.3 is 14.4 Å². The van der Waals surface area contributed by atoms with E-state index in [9.17, 15) is 14.4 Å². The molecule has 1 spiro atoms. The number of urea groups is 1. The van der Waals surface area contributed by atoms with Gasteiger partial charge in [0, 0.05) is 32.5 Å². The largest absolute Gasteiger partial charge is 0.385 e. The van der Waals surface area contributed by atoms with Crippen molar-refractivity contribution >= 4 is 23.5 Å². The highest BCUT2D eigenvalue weighted by Gasteiger charge is 2.62. The Morgan fingerprint density at radius 2 is 2.11 bits per heavy atom. The minimum atomic E-state index is -1.37. The lowest BCUT2D eigenvalue weighted by Crippen LogP contribution is -2.74. The zero-order valence-electron chi connectivity index (χ0n) is 15.3. The molecule has 1 N–H and O–H groups in total. The monoisotopic (exact) mass is 373 g/mol. The molecule has 2 atom stereocenters. The van der Waals surface area contributed by atoms with Crippen molar-refractivity contribution < 1.29 is 23.9 Å². The average Bonchev–Trinajstić information content (AvgIpc) is 2.69. The fraction of sp³-hybridized carbons (Fsp3) is 0.526. The maximum Gasteiger partial charge on any atom is 0.330 e. The van der Waals surface area contributed by atoms with E-state index in [0.29, 0.717) is 26.2 Å². The van der Waals surface area contributed by atoms with Crippen LogP contribution < -0.4 is 10.2 Å². The van der Waals surface area contributed by atoms with Gasteiger partial charge in [-0.05, 0) is 24.5 Å². The van der Waals surface area contributed by atoms with Crippen molar-refractivity contribution in [3.8, 4) is 0 Å². The lowest BCUT2D eigenvalue weighted by atomic mass is 9.68. The van der Waals surface area contributed by atoms with Crippen LogP contribution in [0.2, 0.25) is 0 Å². The van der Waals surface area contributed by atoms with Gasteiger partial charge in [0.25, 0.3) is 0 Å². The Morgan fingerprint density at radius 1 is 1.30 bits per heavy atom. The van der Waals surface area contributed by atoms with E-state index in [1.807, 2.05) is 24.3 Å².